The van der Waals surface area contributed by atoms with Crippen molar-refractivity contribution in [2.24, 2.45) is 0 Å². The van der Waals surface area contributed by atoms with Crippen LogP contribution in [0.25, 0.3) is 11.1 Å². The maximum atomic E-state index is 9.39. The number of hydrogen-bond donors (Lipinski definition) is 1. The van der Waals surface area contributed by atoms with Crippen LogP contribution < -0.4 is 4.74 Å². The highest BCUT2D eigenvalue weighted by Crippen LogP contribution is 2.24. The van der Waals surface area contributed by atoms with Crippen molar-refractivity contribution in [1.29, 1.82) is 0 Å². The van der Waals surface area contributed by atoms with E-state index >= 15 is 0 Å². The molecular weight excluding hydrogens is 399 g/mol. The summed E-state index contributed by atoms with van der Waals surface area (Å²) in [5.41, 5.74) is 4.32. The fraction of sp³-hybridized carbons (Fsp3) is 0.100. The first-order valence-corrected chi connectivity index (χ1v) is 8.50. The largest absolute Gasteiger partial charge is 0.488 e. The standard InChI is InChI=1S/C20H17IO2/c21-19-11-10-18(13-22)20(12-19)23-14-15-6-8-17(9-7-15)16-4-2-1-3-5-16/h1-12,22H,13-14H2. The van der Waals surface area contributed by atoms with Gasteiger partial charge in [-0.05, 0) is 51.4 Å². The molecule has 116 valence electrons. The summed E-state index contributed by atoms with van der Waals surface area (Å²) in [6.07, 6.45) is 0. The predicted molar refractivity (Wildman–Crippen MR) is 101 cm³/mol. The van der Waals surface area contributed by atoms with Crippen LogP contribution in [0.3, 0.4) is 0 Å². The summed E-state index contributed by atoms with van der Waals surface area (Å²) in [5.74, 6) is 0.742. The van der Waals surface area contributed by atoms with Crippen LogP contribution in [0, 0.1) is 3.57 Å². The summed E-state index contributed by atoms with van der Waals surface area (Å²) in [5, 5.41) is 9.39. The minimum atomic E-state index is -0.0147. The van der Waals surface area contributed by atoms with Crippen molar-refractivity contribution in [1.82, 2.24) is 0 Å². The third-order valence-electron chi connectivity index (χ3n) is 3.65. The number of aliphatic hydroxyl groups is 1. The van der Waals surface area contributed by atoms with Crippen molar-refractivity contribution in [3.05, 3.63) is 87.5 Å². The molecule has 0 spiro atoms. The molecule has 3 aromatic rings. The van der Waals surface area contributed by atoms with Crippen LogP contribution >= 0.6 is 22.6 Å². The molecule has 0 saturated carbocycles. The Hall–Kier alpha value is -1.85. The van der Waals surface area contributed by atoms with Crippen molar-refractivity contribution in [3.8, 4) is 16.9 Å². The normalized spacial score (nSPS) is 10.5. The van der Waals surface area contributed by atoms with Gasteiger partial charge in [-0.15, -0.1) is 0 Å². The number of rotatable bonds is 5. The molecule has 0 bridgehead atoms. The van der Waals surface area contributed by atoms with Crippen molar-refractivity contribution in [2.45, 2.75) is 13.2 Å². The molecule has 0 aromatic heterocycles. The summed E-state index contributed by atoms with van der Waals surface area (Å²) < 4.78 is 6.97. The second-order valence-electron chi connectivity index (χ2n) is 5.26. The average Bonchev–Trinajstić information content (AvgIpc) is 2.61. The maximum Gasteiger partial charge on any atom is 0.126 e. The molecule has 0 saturated heterocycles. The van der Waals surface area contributed by atoms with Crippen molar-refractivity contribution in [3.63, 3.8) is 0 Å². The highest BCUT2D eigenvalue weighted by molar-refractivity contribution is 14.1. The third kappa shape index (κ3) is 4.12. The number of benzene rings is 3. The summed E-state index contributed by atoms with van der Waals surface area (Å²) in [6.45, 7) is 0.474. The average molecular weight is 416 g/mol. The number of aliphatic hydroxyl groups excluding tert-OH is 1. The van der Waals surface area contributed by atoms with Gasteiger partial charge in [0.25, 0.3) is 0 Å². The fourth-order valence-electron chi connectivity index (χ4n) is 2.38. The molecule has 0 heterocycles. The van der Waals surface area contributed by atoms with Gasteiger partial charge < -0.3 is 9.84 Å². The van der Waals surface area contributed by atoms with E-state index in [1.807, 2.05) is 36.4 Å². The Morgan fingerprint density at radius 3 is 2.22 bits per heavy atom. The van der Waals surface area contributed by atoms with E-state index in [0.29, 0.717) is 6.61 Å². The lowest BCUT2D eigenvalue weighted by atomic mass is 10.0. The van der Waals surface area contributed by atoms with E-state index in [1.165, 1.54) is 11.1 Å². The Labute approximate surface area is 149 Å². The lowest BCUT2D eigenvalue weighted by molar-refractivity contribution is 0.259. The zero-order chi connectivity index (χ0) is 16.1. The highest BCUT2D eigenvalue weighted by atomic mass is 127. The van der Waals surface area contributed by atoms with E-state index in [-0.39, 0.29) is 6.61 Å². The molecule has 23 heavy (non-hydrogen) atoms. The van der Waals surface area contributed by atoms with E-state index in [0.717, 1.165) is 20.4 Å². The summed E-state index contributed by atoms with van der Waals surface area (Å²) in [4.78, 5) is 0. The lowest BCUT2D eigenvalue weighted by Gasteiger charge is -2.11. The molecule has 3 rings (SSSR count). The molecule has 3 aromatic carbocycles. The van der Waals surface area contributed by atoms with Gasteiger partial charge in [0.2, 0.25) is 0 Å². The minimum absolute atomic E-state index is 0.0147. The topological polar surface area (TPSA) is 29.5 Å². The molecule has 0 aliphatic rings. The summed E-state index contributed by atoms with van der Waals surface area (Å²) in [7, 11) is 0. The monoisotopic (exact) mass is 416 g/mol. The first-order chi connectivity index (χ1) is 11.3. The third-order valence-corrected chi connectivity index (χ3v) is 4.33. The van der Waals surface area contributed by atoms with Crippen LogP contribution in [-0.2, 0) is 13.2 Å². The van der Waals surface area contributed by atoms with Gasteiger partial charge in [0, 0.05) is 9.13 Å². The summed E-state index contributed by atoms with van der Waals surface area (Å²) >= 11 is 2.24. The van der Waals surface area contributed by atoms with Crippen LogP contribution in [0.2, 0.25) is 0 Å². The zero-order valence-electron chi connectivity index (χ0n) is 12.6. The van der Waals surface area contributed by atoms with Crippen LogP contribution in [0.1, 0.15) is 11.1 Å². The number of halogens is 1. The molecule has 1 N–H and O–H groups in total. The van der Waals surface area contributed by atoms with Gasteiger partial charge >= 0.3 is 0 Å². The molecule has 0 fully saturated rings. The molecular formula is C20H17IO2. The fourth-order valence-corrected chi connectivity index (χ4v) is 2.84. The Bertz CT molecular complexity index is 767. The quantitative estimate of drug-likeness (QED) is 0.592. The van der Waals surface area contributed by atoms with Crippen LogP contribution in [0.5, 0.6) is 5.75 Å². The number of hydrogen-bond acceptors (Lipinski definition) is 2. The second-order valence-corrected chi connectivity index (χ2v) is 6.51. The smallest absolute Gasteiger partial charge is 0.126 e. The Morgan fingerprint density at radius 2 is 1.52 bits per heavy atom. The minimum Gasteiger partial charge on any atom is -0.488 e. The lowest BCUT2D eigenvalue weighted by Crippen LogP contribution is -1.99. The van der Waals surface area contributed by atoms with E-state index in [4.69, 9.17) is 4.74 Å². The molecule has 0 radical (unpaired) electrons. The van der Waals surface area contributed by atoms with E-state index in [9.17, 15) is 5.11 Å². The Morgan fingerprint density at radius 1 is 0.826 bits per heavy atom. The van der Waals surface area contributed by atoms with Gasteiger partial charge in [-0.25, -0.2) is 0 Å². The molecule has 3 heteroatoms. The van der Waals surface area contributed by atoms with Gasteiger partial charge in [-0.1, -0.05) is 60.7 Å². The first-order valence-electron chi connectivity index (χ1n) is 7.43. The van der Waals surface area contributed by atoms with Crippen LogP contribution in [0.15, 0.2) is 72.8 Å². The Kier molecular flexibility index (Phi) is 5.31. The van der Waals surface area contributed by atoms with Gasteiger partial charge in [-0.3, -0.25) is 0 Å². The molecule has 0 amide bonds. The van der Waals surface area contributed by atoms with E-state index < -0.39 is 0 Å². The van der Waals surface area contributed by atoms with Crippen molar-refractivity contribution >= 4 is 22.6 Å². The van der Waals surface area contributed by atoms with Gasteiger partial charge in [0.1, 0.15) is 12.4 Å². The summed E-state index contributed by atoms with van der Waals surface area (Å²) in [6, 6.07) is 24.5. The maximum absolute atomic E-state index is 9.39. The molecule has 0 unspecified atom stereocenters. The van der Waals surface area contributed by atoms with E-state index in [2.05, 4.69) is 59.0 Å². The van der Waals surface area contributed by atoms with Gasteiger partial charge in [0.15, 0.2) is 0 Å². The molecule has 0 aliphatic heterocycles. The SMILES string of the molecule is OCc1ccc(I)cc1OCc1ccc(-c2ccccc2)cc1. The van der Waals surface area contributed by atoms with Crippen molar-refractivity contribution in [2.75, 3.05) is 0 Å². The van der Waals surface area contributed by atoms with E-state index in [1.54, 1.807) is 0 Å². The first kappa shape index (κ1) is 16.0. The Balaban J connectivity index is 1.71. The second kappa shape index (κ2) is 7.62. The zero-order valence-corrected chi connectivity index (χ0v) is 14.7. The number of ether oxygens (including phenoxy) is 1. The van der Waals surface area contributed by atoms with Gasteiger partial charge in [-0.2, -0.15) is 0 Å². The molecule has 0 atom stereocenters. The van der Waals surface area contributed by atoms with Gasteiger partial charge in [0.05, 0.1) is 6.61 Å². The van der Waals surface area contributed by atoms with Crippen LogP contribution in [0.4, 0.5) is 0 Å². The van der Waals surface area contributed by atoms with Crippen molar-refractivity contribution < 1.29 is 9.84 Å². The predicted octanol–water partition coefficient (Wildman–Crippen LogP) is 5.03. The highest BCUT2D eigenvalue weighted by Gasteiger charge is 2.05. The molecule has 2 nitrogen and oxygen atoms in total. The molecule has 0 aliphatic carbocycles. The van der Waals surface area contributed by atoms with Crippen LogP contribution in [-0.4, -0.2) is 5.11 Å².